The van der Waals surface area contributed by atoms with E-state index in [1.165, 1.54) is 0 Å². The van der Waals surface area contributed by atoms with Gasteiger partial charge < -0.3 is 10.4 Å². The van der Waals surface area contributed by atoms with Gasteiger partial charge in [-0.1, -0.05) is 34.1 Å². The molecule has 84 valence electrons. The molecule has 2 atom stereocenters. The highest BCUT2D eigenvalue weighted by Crippen LogP contribution is 2.20. The maximum absolute atomic E-state index is 11.0. The van der Waals surface area contributed by atoms with Gasteiger partial charge in [-0.3, -0.25) is 4.79 Å². The first-order valence-corrected chi connectivity index (χ1v) is 5.28. The molecular weight excluding hydrogens is 178 g/mol. The Morgan fingerprint density at radius 3 is 2.21 bits per heavy atom. The molecule has 0 aliphatic heterocycles. The molecule has 0 rings (SSSR count). The predicted molar refractivity (Wildman–Crippen MR) is 58.4 cm³/mol. The SMILES string of the molecule is CCCC(C)NC(C(=O)O)C(C)(C)C. The Morgan fingerprint density at radius 2 is 1.93 bits per heavy atom. The van der Waals surface area contributed by atoms with Gasteiger partial charge in [0.2, 0.25) is 0 Å². The number of aliphatic carboxylic acids is 1. The lowest BCUT2D eigenvalue weighted by Gasteiger charge is -2.30. The zero-order valence-corrected chi connectivity index (χ0v) is 9.92. The molecule has 3 nitrogen and oxygen atoms in total. The monoisotopic (exact) mass is 201 g/mol. The molecule has 0 radical (unpaired) electrons. The van der Waals surface area contributed by atoms with Crippen LogP contribution >= 0.6 is 0 Å². The quantitative estimate of drug-likeness (QED) is 0.717. The number of hydrogen-bond acceptors (Lipinski definition) is 2. The highest BCUT2D eigenvalue weighted by Gasteiger charge is 2.31. The van der Waals surface area contributed by atoms with Crippen LogP contribution in [0.2, 0.25) is 0 Å². The zero-order valence-electron chi connectivity index (χ0n) is 9.92. The molecule has 0 saturated heterocycles. The van der Waals surface area contributed by atoms with Crippen molar-refractivity contribution in [2.75, 3.05) is 0 Å². The van der Waals surface area contributed by atoms with E-state index >= 15 is 0 Å². The van der Waals surface area contributed by atoms with Crippen molar-refractivity contribution < 1.29 is 9.90 Å². The minimum Gasteiger partial charge on any atom is -0.480 e. The summed E-state index contributed by atoms with van der Waals surface area (Å²) < 4.78 is 0. The summed E-state index contributed by atoms with van der Waals surface area (Å²) in [5.41, 5.74) is -0.242. The third-order valence-corrected chi connectivity index (χ3v) is 2.29. The maximum Gasteiger partial charge on any atom is 0.321 e. The van der Waals surface area contributed by atoms with Crippen LogP contribution in [0, 0.1) is 5.41 Å². The van der Waals surface area contributed by atoms with Crippen LogP contribution in [0.4, 0.5) is 0 Å². The van der Waals surface area contributed by atoms with Gasteiger partial charge in [-0.25, -0.2) is 0 Å². The average Bonchev–Trinajstić information content (AvgIpc) is 1.98. The lowest BCUT2D eigenvalue weighted by molar-refractivity contribution is -0.142. The number of carbonyl (C=O) groups is 1. The fourth-order valence-corrected chi connectivity index (χ4v) is 1.49. The van der Waals surface area contributed by atoms with Crippen molar-refractivity contribution in [3.05, 3.63) is 0 Å². The largest absolute Gasteiger partial charge is 0.480 e. The summed E-state index contributed by atoms with van der Waals surface area (Å²) in [5.74, 6) is -0.763. The smallest absolute Gasteiger partial charge is 0.321 e. The van der Waals surface area contributed by atoms with Gasteiger partial charge >= 0.3 is 5.97 Å². The molecule has 0 aliphatic carbocycles. The van der Waals surface area contributed by atoms with Gasteiger partial charge in [0.15, 0.2) is 0 Å². The first-order valence-electron chi connectivity index (χ1n) is 5.28. The first-order chi connectivity index (χ1) is 6.29. The fraction of sp³-hybridized carbons (Fsp3) is 0.909. The van der Waals surface area contributed by atoms with E-state index in [1.54, 1.807) is 0 Å². The normalized spacial score (nSPS) is 16.4. The standard InChI is InChI=1S/C11H23NO2/c1-6-7-8(2)12-9(10(13)14)11(3,4)5/h8-9,12H,6-7H2,1-5H3,(H,13,14). The van der Waals surface area contributed by atoms with Crippen molar-refractivity contribution in [2.45, 2.75) is 59.5 Å². The van der Waals surface area contributed by atoms with E-state index in [9.17, 15) is 4.79 Å². The first kappa shape index (κ1) is 13.4. The average molecular weight is 201 g/mol. The molecule has 0 fully saturated rings. The van der Waals surface area contributed by atoms with Gasteiger partial charge in [-0.2, -0.15) is 0 Å². The molecule has 0 aromatic rings. The summed E-state index contributed by atoms with van der Waals surface area (Å²) in [6, 6.07) is -0.204. The van der Waals surface area contributed by atoms with E-state index in [0.29, 0.717) is 0 Å². The number of carboxylic acids is 1. The van der Waals surface area contributed by atoms with Gasteiger partial charge in [0, 0.05) is 6.04 Å². The van der Waals surface area contributed by atoms with Crippen molar-refractivity contribution in [2.24, 2.45) is 5.41 Å². The van der Waals surface area contributed by atoms with E-state index in [0.717, 1.165) is 12.8 Å². The van der Waals surface area contributed by atoms with Crippen LogP contribution in [0.25, 0.3) is 0 Å². The van der Waals surface area contributed by atoms with Crippen LogP contribution in [0.3, 0.4) is 0 Å². The predicted octanol–water partition coefficient (Wildman–Crippen LogP) is 2.26. The number of nitrogens with one attached hydrogen (secondary N) is 1. The second-order valence-corrected chi connectivity index (χ2v) is 4.99. The Kier molecular flexibility index (Phi) is 5.13. The van der Waals surface area contributed by atoms with Crippen molar-refractivity contribution >= 4 is 5.97 Å². The van der Waals surface area contributed by atoms with Crippen molar-refractivity contribution in [1.29, 1.82) is 0 Å². The molecule has 0 aliphatic rings. The summed E-state index contributed by atoms with van der Waals surface area (Å²) in [4.78, 5) is 11.0. The second-order valence-electron chi connectivity index (χ2n) is 4.99. The second kappa shape index (κ2) is 5.35. The number of rotatable bonds is 5. The Balaban J connectivity index is 4.32. The van der Waals surface area contributed by atoms with Gasteiger partial charge in [0.1, 0.15) is 6.04 Å². The molecule has 0 aromatic carbocycles. The van der Waals surface area contributed by atoms with Crippen molar-refractivity contribution in [3.8, 4) is 0 Å². The van der Waals surface area contributed by atoms with E-state index < -0.39 is 12.0 Å². The number of hydrogen-bond donors (Lipinski definition) is 2. The molecule has 0 saturated carbocycles. The minimum absolute atomic E-state index is 0.242. The molecule has 3 heteroatoms. The Hall–Kier alpha value is -0.570. The summed E-state index contributed by atoms with van der Waals surface area (Å²) in [6.45, 7) is 9.96. The Bertz CT molecular complexity index is 184. The maximum atomic E-state index is 11.0. The van der Waals surface area contributed by atoms with E-state index in [2.05, 4.69) is 12.2 Å². The molecule has 2 N–H and O–H groups in total. The van der Waals surface area contributed by atoms with Gasteiger partial charge in [0.25, 0.3) is 0 Å². The van der Waals surface area contributed by atoms with Gasteiger partial charge in [0.05, 0.1) is 0 Å². The minimum atomic E-state index is -0.763. The topological polar surface area (TPSA) is 49.3 Å². The molecule has 0 spiro atoms. The van der Waals surface area contributed by atoms with Crippen LogP contribution in [-0.2, 0) is 4.79 Å². The van der Waals surface area contributed by atoms with Crippen molar-refractivity contribution in [1.82, 2.24) is 5.32 Å². The van der Waals surface area contributed by atoms with Crippen LogP contribution in [0.5, 0.6) is 0 Å². The Labute approximate surface area is 86.9 Å². The number of carboxylic acid groups (broad SMARTS) is 1. The van der Waals surface area contributed by atoms with E-state index in [-0.39, 0.29) is 11.5 Å². The van der Waals surface area contributed by atoms with E-state index in [1.807, 2.05) is 27.7 Å². The van der Waals surface area contributed by atoms with Gasteiger partial charge in [-0.05, 0) is 18.8 Å². The third kappa shape index (κ3) is 4.61. The van der Waals surface area contributed by atoms with Crippen LogP contribution in [0.1, 0.15) is 47.5 Å². The summed E-state index contributed by atoms with van der Waals surface area (Å²) in [7, 11) is 0. The molecular formula is C11H23NO2. The van der Waals surface area contributed by atoms with Crippen LogP contribution in [0.15, 0.2) is 0 Å². The molecule has 2 unspecified atom stereocenters. The summed E-state index contributed by atoms with van der Waals surface area (Å²) in [6.07, 6.45) is 2.09. The third-order valence-electron chi connectivity index (χ3n) is 2.29. The molecule has 0 aromatic heterocycles. The Morgan fingerprint density at radius 1 is 1.43 bits per heavy atom. The van der Waals surface area contributed by atoms with E-state index in [4.69, 9.17) is 5.11 Å². The lowest BCUT2D eigenvalue weighted by Crippen LogP contribution is -2.49. The molecule has 0 bridgehead atoms. The molecule has 0 heterocycles. The van der Waals surface area contributed by atoms with Crippen LogP contribution in [-0.4, -0.2) is 23.2 Å². The zero-order chi connectivity index (χ0) is 11.4. The van der Waals surface area contributed by atoms with Crippen LogP contribution < -0.4 is 5.32 Å². The fourth-order valence-electron chi connectivity index (χ4n) is 1.49. The highest BCUT2D eigenvalue weighted by molar-refractivity contribution is 5.74. The van der Waals surface area contributed by atoms with Gasteiger partial charge in [-0.15, -0.1) is 0 Å². The van der Waals surface area contributed by atoms with Crippen molar-refractivity contribution in [3.63, 3.8) is 0 Å². The molecule has 14 heavy (non-hydrogen) atoms. The molecule has 0 amide bonds. The summed E-state index contributed by atoms with van der Waals surface area (Å²) in [5, 5.41) is 12.2. The lowest BCUT2D eigenvalue weighted by atomic mass is 9.86. The highest BCUT2D eigenvalue weighted by atomic mass is 16.4. The summed E-state index contributed by atoms with van der Waals surface area (Å²) >= 11 is 0.